The molecule has 4 nitrogen and oxygen atoms in total. The molecule has 17 heavy (non-hydrogen) atoms. The Balaban J connectivity index is 2.53. The number of rotatable bonds is 2. The van der Waals surface area contributed by atoms with Crippen LogP contribution in [0.4, 0.5) is 0 Å². The molecule has 84 valence electrons. The van der Waals surface area contributed by atoms with Crippen molar-refractivity contribution in [3.8, 4) is 11.8 Å². The third kappa shape index (κ3) is 2.18. The SMILES string of the molecule is COc1ccc2nc(C(N)=CC#N)ccc2c1. The van der Waals surface area contributed by atoms with Gasteiger partial charge in [-0.1, -0.05) is 6.07 Å². The number of methoxy groups -OCH3 is 1. The number of pyridine rings is 1. The number of nitriles is 1. The summed E-state index contributed by atoms with van der Waals surface area (Å²) in [5, 5.41) is 9.50. The summed E-state index contributed by atoms with van der Waals surface area (Å²) in [6, 6.07) is 11.2. The summed E-state index contributed by atoms with van der Waals surface area (Å²) in [4.78, 5) is 4.37. The first-order chi connectivity index (χ1) is 8.24. The molecule has 0 bridgehead atoms. The van der Waals surface area contributed by atoms with Gasteiger partial charge in [-0.05, 0) is 24.3 Å². The van der Waals surface area contributed by atoms with E-state index in [9.17, 15) is 0 Å². The summed E-state index contributed by atoms with van der Waals surface area (Å²) >= 11 is 0. The maximum atomic E-state index is 8.53. The number of allylic oxidation sites excluding steroid dienone is 1. The first-order valence-corrected chi connectivity index (χ1v) is 5.05. The Morgan fingerprint density at radius 2 is 2.24 bits per heavy atom. The first kappa shape index (κ1) is 11.0. The van der Waals surface area contributed by atoms with Crippen LogP contribution < -0.4 is 10.5 Å². The Labute approximate surface area is 98.9 Å². The predicted octanol–water partition coefficient (Wildman–Crippen LogP) is 2.07. The Kier molecular flexibility index (Phi) is 2.93. The summed E-state index contributed by atoms with van der Waals surface area (Å²) in [5.41, 5.74) is 7.49. The van der Waals surface area contributed by atoms with Crippen LogP contribution in [0, 0.1) is 11.3 Å². The molecule has 4 heteroatoms. The fraction of sp³-hybridized carbons (Fsp3) is 0.0769. The zero-order chi connectivity index (χ0) is 12.3. The lowest BCUT2D eigenvalue weighted by molar-refractivity contribution is 0.415. The van der Waals surface area contributed by atoms with Crippen LogP contribution in [0.3, 0.4) is 0 Å². The molecule has 0 amide bonds. The number of aromatic nitrogens is 1. The minimum absolute atomic E-state index is 0.366. The molecule has 2 aromatic rings. The molecule has 0 atom stereocenters. The Morgan fingerprint density at radius 3 is 2.94 bits per heavy atom. The standard InChI is InChI=1S/C13H11N3O/c1-17-10-3-5-12-9(8-10)2-4-13(16-12)11(15)6-7-14/h2-6,8H,15H2,1H3. The number of benzene rings is 1. The molecule has 2 rings (SSSR count). The predicted molar refractivity (Wildman–Crippen MR) is 66.1 cm³/mol. The van der Waals surface area contributed by atoms with E-state index in [2.05, 4.69) is 4.98 Å². The topological polar surface area (TPSA) is 71.9 Å². The van der Waals surface area contributed by atoms with Crippen molar-refractivity contribution in [1.82, 2.24) is 4.98 Å². The fourth-order valence-electron chi connectivity index (χ4n) is 1.53. The van der Waals surface area contributed by atoms with E-state index >= 15 is 0 Å². The van der Waals surface area contributed by atoms with Crippen molar-refractivity contribution in [2.45, 2.75) is 0 Å². The zero-order valence-electron chi connectivity index (χ0n) is 9.34. The first-order valence-electron chi connectivity index (χ1n) is 5.05. The van der Waals surface area contributed by atoms with E-state index < -0.39 is 0 Å². The van der Waals surface area contributed by atoms with Crippen molar-refractivity contribution in [2.75, 3.05) is 7.11 Å². The van der Waals surface area contributed by atoms with E-state index in [1.807, 2.05) is 30.3 Å². The Bertz CT molecular complexity index is 626. The van der Waals surface area contributed by atoms with Gasteiger partial charge in [0.2, 0.25) is 0 Å². The molecule has 0 aliphatic rings. The molecule has 1 aromatic carbocycles. The van der Waals surface area contributed by atoms with E-state index in [4.69, 9.17) is 15.7 Å². The van der Waals surface area contributed by atoms with Gasteiger partial charge < -0.3 is 10.5 Å². The quantitative estimate of drug-likeness (QED) is 0.794. The highest BCUT2D eigenvalue weighted by Crippen LogP contribution is 2.20. The second kappa shape index (κ2) is 4.54. The number of ether oxygens (including phenoxy) is 1. The van der Waals surface area contributed by atoms with Crippen LogP contribution in [-0.2, 0) is 0 Å². The lowest BCUT2D eigenvalue weighted by atomic mass is 10.1. The molecular weight excluding hydrogens is 214 g/mol. The molecule has 0 fully saturated rings. The number of nitrogens with zero attached hydrogens (tertiary/aromatic N) is 2. The van der Waals surface area contributed by atoms with Crippen molar-refractivity contribution in [3.63, 3.8) is 0 Å². The third-order valence-electron chi connectivity index (χ3n) is 2.41. The van der Waals surface area contributed by atoms with Gasteiger partial charge in [-0.2, -0.15) is 5.26 Å². The van der Waals surface area contributed by atoms with Gasteiger partial charge in [-0.3, -0.25) is 0 Å². The van der Waals surface area contributed by atoms with Gasteiger partial charge in [0.1, 0.15) is 5.75 Å². The van der Waals surface area contributed by atoms with Crippen LogP contribution in [0.25, 0.3) is 16.6 Å². The average molecular weight is 225 g/mol. The van der Waals surface area contributed by atoms with E-state index in [0.717, 1.165) is 16.7 Å². The van der Waals surface area contributed by atoms with E-state index in [-0.39, 0.29) is 0 Å². The van der Waals surface area contributed by atoms with Crippen LogP contribution in [0.5, 0.6) is 5.75 Å². The molecule has 0 saturated heterocycles. The normalized spacial score (nSPS) is 11.2. The maximum Gasteiger partial charge on any atom is 0.119 e. The number of nitrogens with two attached hydrogens (primary N) is 1. The second-order valence-corrected chi connectivity index (χ2v) is 3.48. The van der Waals surface area contributed by atoms with Gasteiger partial charge >= 0.3 is 0 Å². The Hall–Kier alpha value is -2.54. The van der Waals surface area contributed by atoms with Crippen molar-refractivity contribution >= 4 is 16.6 Å². The molecule has 0 saturated carbocycles. The second-order valence-electron chi connectivity index (χ2n) is 3.48. The number of hydrogen-bond donors (Lipinski definition) is 1. The molecule has 0 aliphatic carbocycles. The molecule has 0 radical (unpaired) electrons. The van der Waals surface area contributed by atoms with Gasteiger partial charge in [0.25, 0.3) is 0 Å². The number of fused-ring (bicyclic) bond motifs is 1. The molecule has 1 aromatic heterocycles. The van der Waals surface area contributed by atoms with Crippen LogP contribution in [0.15, 0.2) is 36.4 Å². The fourth-order valence-corrected chi connectivity index (χ4v) is 1.53. The molecule has 1 heterocycles. The van der Waals surface area contributed by atoms with Gasteiger partial charge in [0.15, 0.2) is 0 Å². The molecule has 2 N–H and O–H groups in total. The highest BCUT2D eigenvalue weighted by molar-refractivity contribution is 5.82. The lowest BCUT2D eigenvalue weighted by Crippen LogP contribution is -1.98. The molecular formula is C13H11N3O. The minimum atomic E-state index is 0.366. The maximum absolute atomic E-state index is 8.53. The van der Waals surface area contributed by atoms with Gasteiger partial charge in [-0.25, -0.2) is 4.98 Å². The molecule has 0 unspecified atom stereocenters. The van der Waals surface area contributed by atoms with Crippen molar-refractivity contribution in [1.29, 1.82) is 5.26 Å². The van der Waals surface area contributed by atoms with Crippen molar-refractivity contribution < 1.29 is 4.74 Å². The van der Waals surface area contributed by atoms with Crippen molar-refractivity contribution in [2.24, 2.45) is 5.73 Å². The summed E-state index contributed by atoms with van der Waals surface area (Å²) in [5.74, 6) is 0.785. The van der Waals surface area contributed by atoms with E-state index in [1.54, 1.807) is 13.2 Å². The highest BCUT2D eigenvalue weighted by Gasteiger charge is 2.02. The smallest absolute Gasteiger partial charge is 0.119 e. The summed E-state index contributed by atoms with van der Waals surface area (Å²) in [6.07, 6.45) is 1.28. The van der Waals surface area contributed by atoms with Gasteiger partial charge in [0, 0.05) is 11.5 Å². The largest absolute Gasteiger partial charge is 0.497 e. The Morgan fingerprint density at radius 1 is 1.41 bits per heavy atom. The van der Waals surface area contributed by atoms with Gasteiger partial charge in [-0.15, -0.1) is 0 Å². The van der Waals surface area contributed by atoms with Crippen molar-refractivity contribution in [3.05, 3.63) is 42.1 Å². The van der Waals surface area contributed by atoms with E-state index in [0.29, 0.717) is 11.4 Å². The van der Waals surface area contributed by atoms with E-state index in [1.165, 1.54) is 6.08 Å². The number of hydrogen-bond acceptors (Lipinski definition) is 4. The van der Waals surface area contributed by atoms with Crippen LogP contribution in [0.1, 0.15) is 5.69 Å². The summed E-state index contributed by atoms with van der Waals surface area (Å²) in [7, 11) is 1.62. The monoisotopic (exact) mass is 225 g/mol. The van der Waals surface area contributed by atoms with Crippen LogP contribution in [-0.4, -0.2) is 12.1 Å². The average Bonchev–Trinajstić information content (AvgIpc) is 2.37. The highest BCUT2D eigenvalue weighted by atomic mass is 16.5. The summed E-state index contributed by atoms with van der Waals surface area (Å²) in [6.45, 7) is 0. The van der Waals surface area contributed by atoms with Gasteiger partial charge in [0.05, 0.1) is 30.1 Å². The molecule has 0 aliphatic heterocycles. The van der Waals surface area contributed by atoms with Crippen LogP contribution >= 0.6 is 0 Å². The third-order valence-corrected chi connectivity index (χ3v) is 2.41. The minimum Gasteiger partial charge on any atom is -0.497 e. The zero-order valence-corrected chi connectivity index (χ0v) is 9.34. The lowest BCUT2D eigenvalue weighted by Gasteiger charge is -2.04. The molecule has 0 spiro atoms. The summed E-state index contributed by atoms with van der Waals surface area (Å²) < 4.78 is 5.13. The van der Waals surface area contributed by atoms with Crippen LogP contribution in [0.2, 0.25) is 0 Å².